The fraction of sp³-hybridized carbons (Fsp3) is 0.485. The van der Waals surface area contributed by atoms with Crippen LogP contribution in [-0.4, -0.2) is 81.0 Å². The summed E-state index contributed by atoms with van der Waals surface area (Å²) in [6.45, 7) is -1.68. The van der Waals surface area contributed by atoms with E-state index in [9.17, 15) is 14.3 Å². The van der Waals surface area contributed by atoms with E-state index in [2.05, 4.69) is 15.2 Å². The number of aromatic hydroxyl groups is 1. The lowest BCUT2D eigenvalue weighted by Crippen LogP contribution is -2.61. The normalized spacial score (nSPS) is 29.4. The molecule has 5 aliphatic rings. The van der Waals surface area contributed by atoms with Crippen molar-refractivity contribution in [2.45, 2.75) is 69.2 Å². The van der Waals surface area contributed by atoms with Gasteiger partial charge in [-0.05, 0) is 67.7 Å². The first-order valence-corrected chi connectivity index (χ1v) is 15.3. The van der Waals surface area contributed by atoms with Crippen molar-refractivity contribution in [3.05, 3.63) is 58.3 Å². The Morgan fingerprint density at radius 2 is 2.14 bits per heavy atom. The molecule has 5 fully saturated rings. The highest BCUT2D eigenvalue weighted by Crippen LogP contribution is 2.41. The van der Waals surface area contributed by atoms with Crippen LogP contribution in [0.5, 0.6) is 11.8 Å². The Bertz CT molecular complexity index is 2020. The van der Waals surface area contributed by atoms with Gasteiger partial charge in [-0.15, -0.1) is 0 Å². The van der Waals surface area contributed by atoms with Crippen LogP contribution in [-0.2, 0) is 6.42 Å². The number of piperidine rings is 2. The van der Waals surface area contributed by atoms with Crippen LogP contribution in [0.15, 0.2) is 41.3 Å². The lowest BCUT2D eigenvalue weighted by molar-refractivity contribution is 0.107. The minimum absolute atomic E-state index is 0.0131. The van der Waals surface area contributed by atoms with Crippen molar-refractivity contribution in [3.8, 4) is 17.4 Å². The number of anilines is 1. The number of hydrogen-bond acceptors (Lipinski definition) is 8. The number of hydrogen-bond donors (Lipinski definition) is 2. The first kappa shape index (κ1) is 23.5. The van der Waals surface area contributed by atoms with Crippen LogP contribution < -0.4 is 20.5 Å². The van der Waals surface area contributed by atoms with E-state index in [1.165, 1.54) is 27.7 Å². The summed E-state index contributed by atoms with van der Waals surface area (Å²) in [5, 5.41) is 15.6. The van der Waals surface area contributed by atoms with Gasteiger partial charge in [-0.1, -0.05) is 13.0 Å². The molecule has 9 nitrogen and oxygen atoms in total. The predicted molar refractivity (Wildman–Crippen MR) is 164 cm³/mol. The molecule has 5 saturated heterocycles. The van der Waals surface area contributed by atoms with Gasteiger partial charge in [0.1, 0.15) is 35.6 Å². The van der Waals surface area contributed by atoms with Crippen molar-refractivity contribution in [2.75, 3.05) is 37.6 Å². The standard InChI is InChI=1S/C33H36F2N6O3/c1-2-24-26(35)7-4-19-12-23(42)13-27(28(19)24)40-11-8-25-29(31(40)43)37-32(38-30(25)41-17-21-5-6-22(41)15-36-21)44-18-33-9-3-10-39(33)16-20(34)14-33/h4,7-8,11-13,20-22,36,42H,2-3,5-6,9-10,14-18H2,1H3/t20-,21?,22?,33+/m1/s1/i10D2,18D2. The van der Waals surface area contributed by atoms with Gasteiger partial charge in [0.2, 0.25) is 0 Å². The highest BCUT2D eigenvalue weighted by Gasteiger charge is 2.49. The number of fused-ring (bicyclic) bond motifs is 6. The van der Waals surface area contributed by atoms with Gasteiger partial charge in [0.05, 0.1) is 19.4 Å². The maximum absolute atomic E-state index is 15.0. The smallest absolute Gasteiger partial charge is 0.319 e. The Kier molecular flexibility index (Phi) is 5.55. The van der Waals surface area contributed by atoms with E-state index in [1.54, 1.807) is 18.3 Å². The van der Waals surface area contributed by atoms with Crippen LogP contribution >= 0.6 is 0 Å². The molecule has 9 rings (SSSR count). The van der Waals surface area contributed by atoms with Crippen molar-refractivity contribution in [1.29, 1.82) is 0 Å². The van der Waals surface area contributed by atoms with Gasteiger partial charge in [0.15, 0.2) is 0 Å². The molecule has 0 spiro atoms. The second kappa shape index (κ2) is 10.4. The second-order valence-corrected chi connectivity index (χ2v) is 12.3. The number of aryl methyl sites for hydroxylation is 1. The lowest BCUT2D eigenvalue weighted by Gasteiger charge is -2.46. The highest BCUT2D eigenvalue weighted by atomic mass is 19.1. The monoisotopic (exact) mass is 606 g/mol. The van der Waals surface area contributed by atoms with E-state index in [0.29, 0.717) is 47.1 Å². The van der Waals surface area contributed by atoms with Gasteiger partial charge in [-0.2, -0.15) is 9.97 Å². The van der Waals surface area contributed by atoms with E-state index >= 15 is 4.39 Å². The summed E-state index contributed by atoms with van der Waals surface area (Å²) in [6.07, 6.45) is 2.11. The Balaban J connectivity index is 1.31. The molecule has 4 aromatic rings. The fourth-order valence-corrected chi connectivity index (χ4v) is 7.57. The third-order valence-electron chi connectivity index (χ3n) is 9.71. The molecule has 0 aliphatic carbocycles. The van der Waals surface area contributed by atoms with Crippen molar-refractivity contribution in [3.63, 3.8) is 0 Å². The molecule has 2 bridgehead atoms. The summed E-state index contributed by atoms with van der Waals surface area (Å²) in [7, 11) is 0. The number of ether oxygens (including phenoxy) is 1. The van der Waals surface area contributed by atoms with Gasteiger partial charge in [0, 0.05) is 58.5 Å². The van der Waals surface area contributed by atoms with E-state index in [-0.39, 0.29) is 54.8 Å². The number of piperazine rings is 1. The molecule has 4 atom stereocenters. The molecular formula is C33H36F2N6O3. The Hall–Kier alpha value is -3.83. The summed E-state index contributed by atoms with van der Waals surface area (Å²) in [6, 6.07) is 7.32. The molecule has 0 amide bonds. The number of nitrogens with zero attached hydrogens (tertiary/aromatic N) is 5. The maximum atomic E-state index is 15.0. The van der Waals surface area contributed by atoms with Crippen molar-refractivity contribution < 1.29 is 24.1 Å². The van der Waals surface area contributed by atoms with Crippen LogP contribution in [0.3, 0.4) is 0 Å². The molecule has 44 heavy (non-hydrogen) atoms. The number of phenolic OH excluding ortho intramolecular Hbond substituents is 1. The summed E-state index contributed by atoms with van der Waals surface area (Å²) >= 11 is 0. The third kappa shape index (κ3) is 4.34. The molecular weight excluding hydrogens is 566 g/mol. The fourth-order valence-electron chi connectivity index (χ4n) is 7.57. The zero-order valence-corrected chi connectivity index (χ0v) is 24.3. The van der Waals surface area contributed by atoms with E-state index < -0.39 is 42.2 Å². The van der Waals surface area contributed by atoms with Crippen molar-refractivity contribution in [1.82, 2.24) is 24.8 Å². The number of halogens is 2. The second-order valence-electron chi connectivity index (χ2n) is 12.3. The topological polar surface area (TPSA) is 95.8 Å². The summed E-state index contributed by atoms with van der Waals surface area (Å²) in [5.41, 5.74) is -1.63. The predicted octanol–water partition coefficient (Wildman–Crippen LogP) is 4.24. The van der Waals surface area contributed by atoms with Gasteiger partial charge in [-0.3, -0.25) is 14.3 Å². The van der Waals surface area contributed by atoms with Crippen LogP contribution in [0, 0.1) is 5.82 Å². The highest BCUT2D eigenvalue weighted by molar-refractivity contribution is 5.95. The molecule has 2 N–H and O–H groups in total. The number of rotatable bonds is 6. The number of nitrogens with one attached hydrogen (secondary N) is 1. The Labute approximate surface area is 259 Å². The minimum Gasteiger partial charge on any atom is -0.508 e. The number of alkyl halides is 1. The van der Waals surface area contributed by atoms with Crippen LogP contribution in [0.2, 0.25) is 0 Å². The first-order valence-electron chi connectivity index (χ1n) is 17.3. The van der Waals surface area contributed by atoms with Gasteiger partial charge >= 0.3 is 6.01 Å². The van der Waals surface area contributed by atoms with E-state index in [1.807, 2.05) is 6.92 Å². The zero-order chi connectivity index (χ0) is 33.7. The maximum Gasteiger partial charge on any atom is 0.319 e. The number of pyridine rings is 1. The Morgan fingerprint density at radius 3 is 2.91 bits per heavy atom. The molecule has 5 aliphatic heterocycles. The van der Waals surface area contributed by atoms with Crippen LogP contribution in [0.1, 0.15) is 50.1 Å². The first-order chi connectivity index (χ1) is 22.8. The average Bonchev–Trinajstić information content (AvgIpc) is 3.55. The molecule has 230 valence electrons. The Morgan fingerprint density at radius 1 is 1.25 bits per heavy atom. The van der Waals surface area contributed by atoms with Crippen molar-refractivity contribution >= 4 is 27.5 Å². The van der Waals surface area contributed by atoms with E-state index in [4.69, 9.17) is 15.2 Å². The molecule has 11 heteroatoms. The summed E-state index contributed by atoms with van der Waals surface area (Å²) in [4.78, 5) is 26.9. The van der Waals surface area contributed by atoms with E-state index in [0.717, 1.165) is 12.8 Å². The number of aromatic nitrogens is 3. The van der Waals surface area contributed by atoms with Gasteiger partial charge in [-0.25, -0.2) is 8.78 Å². The minimum atomic E-state index is -2.62. The van der Waals surface area contributed by atoms with Gasteiger partial charge in [0.25, 0.3) is 5.56 Å². The summed E-state index contributed by atoms with van der Waals surface area (Å²) in [5.74, 6) is -0.147. The largest absolute Gasteiger partial charge is 0.508 e. The average molecular weight is 607 g/mol. The molecule has 0 saturated carbocycles. The summed E-state index contributed by atoms with van der Waals surface area (Å²) < 4.78 is 72.1. The van der Waals surface area contributed by atoms with Crippen LogP contribution in [0.4, 0.5) is 14.6 Å². The number of benzene rings is 2. The molecule has 2 unspecified atom stereocenters. The molecule has 2 aromatic heterocycles. The number of phenols is 1. The SMILES string of the molecule is [2H]C1([2H])CC[C@@]2(C([2H])([2H])Oc3nc(N4CC5CCC4CN5)c4ccn(-c5cc(O)cc6ccc(F)c(CC)c56)c(=O)c4n3)C[C@@H](F)CN12. The quantitative estimate of drug-likeness (QED) is 0.337. The van der Waals surface area contributed by atoms with Crippen LogP contribution in [0.25, 0.3) is 27.4 Å². The molecule has 7 heterocycles. The molecule has 0 radical (unpaired) electrons. The third-order valence-corrected chi connectivity index (χ3v) is 9.71. The lowest BCUT2D eigenvalue weighted by atomic mass is 9.93. The van der Waals surface area contributed by atoms with Crippen molar-refractivity contribution in [2.24, 2.45) is 0 Å². The zero-order valence-electron chi connectivity index (χ0n) is 28.3. The van der Waals surface area contributed by atoms with Gasteiger partial charge < -0.3 is 20.1 Å². The molecule has 2 aromatic carbocycles.